The molecule has 1 atom stereocenters. The van der Waals surface area contributed by atoms with Crippen molar-refractivity contribution in [3.8, 4) is 5.75 Å². The summed E-state index contributed by atoms with van der Waals surface area (Å²) in [6.07, 6.45) is 2.84. The van der Waals surface area contributed by atoms with E-state index in [9.17, 15) is 5.11 Å². The number of nitrogens with zero attached hydrogens (tertiary/aromatic N) is 2. The van der Waals surface area contributed by atoms with Gasteiger partial charge in [-0.05, 0) is 30.7 Å². The monoisotopic (exact) mass is 266 g/mol. The van der Waals surface area contributed by atoms with Crippen molar-refractivity contribution in [3.63, 3.8) is 0 Å². The van der Waals surface area contributed by atoms with Gasteiger partial charge in [-0.15, -0.1) is 0 Å². The molecule has 96 valence electrons. The second-order valence-electron chi connectivity index (χ2n) is 4.13. The molecular formula is C13H15ClN2O2. The van der Waals surface area contributed by atoms with Gasteiger partial charge in [0.2, 0.25) is 0 Å². The average Bonchev–Trinajstić information content (AvgIpc) is 2.83. The van der Waals surface area contributed by atoms with Crippen molar-refractivity contribution in [1.29, 1.82) is 0 Å². The quantitative estimate of drug-likeness (QED) is 0.903. The Labute approximate surface area is 111 Å². The fraction of sp³-hybridized carbons (Fsp3) is 0.308. The van der Waals surface area contributed by atoms with Gasteiger partial charge in [0.25, 0.3) is 0 Å². The fourth-order valence-electron chi connectivity index (χ4n) is 1.58. The van der Waals surface area contributed by atoms with Crippen LogP contribution < -0.4 is 4.74 Å². The lowest BCUT2D eigenvalue weighted by Crippen LogP contribution is -2.23. The van der Waals surface area contributed by atoms with E-state index in [1.165, 1.54) is 0 Å². The first-order valence-corrected chi connectivity index (χ1v) is 6.07. The number of rotatable bonds is 5. The molecule has 1 aromatic heterocycles. The number of hydrogen-bond donors (Lipinski definition) is 1. The molecule has 0 amide bonds. The number of aliphatic hydroxyl groups is 1. The number of ether oxygens (including phenoxy) is 1. The van der Waals surface area contributed by atoms with Crippen LogP contribution in [0.15, 0.2) is 36.7 Å². The van der Waals surface area contributed by atoms with E-state index in [1.807, 2.05) is 25.1 Å². The normalized spacial score (nSPS) is 12.4. The molecule has 2 rings (SSSR count). The Bertz CT molecular complexity index is 500. The van der Waals surface area contributed by atoms with E-state index in [1.54, 1.807) is 23.1 Å². The highest BCUT2D eigenvalue weighted by Crippen LogP contribution is 2.25. The minimum absolute atomic E-state index is 0.184. The molecule has 0 aliphatic carbocycles. The fourth-order valence-corrected chi connectivity index (χ4v) is 1.76. The largest absolute Gasteiger partial charge is 0.489 e. The molecule has 0 aliphatic rings. The third kappa shape index (κ3) is 3.48. The highest BCUT2D eigenvalue weighted by Gasteiger charge is 2.08. The molecule has 2 aromatic rings. The SMILES string of the molecule is Cc1ccc(Cl)c(OC[C@H](O)Cn2cccn2)c1. The Balaban J connectivity index is 1.89. The van der Waals surface area contributed by atoms with Crippen molar-refractivity contribution in [2.24, 2.45) is 0 Å². The number of aliphatic hydroxyl groups excluding tert-OH is 1. The lowest BCUT2D eigenvalue weighted by atomic mass is 10.2. The third-order valence-electron chi connectivity index (χ3n) is 2.47. The lowest BCUT2D eigenvalue weighted by molar-refractivity contribution is 0.0893. The molecule has 0 radical (unpaired) electrons. The van der Waals surface area contributed by atoms with Crippen molar-refractivity contribution in [2.45, 2.75) is 19.6 Å². The van der Waals surface area contributed by atoms with Crippen LogP contribution >= 0.6 is 11.6 Å². The van der Waals surface area contributed by atoms with Crippen LogP contribution in [0.4, 0.5) is 0 Å². The van der Waals surface area contributed by atoms with Gasteiger partial charge in [0.1, 0.15) is 18.5 Å². The number of benzene rings is 1. The summed E-state index contributed by atoms with van der Waals surface area (Å²) < 4.78 is 7.16. The summed E-state index contributed by atoms with van der Waals surface area (Å²) in [4.78, 5) is 0. The second-order valence-corrected chi connectivity index (χ2v) is 4.53. The first kappa shape index (κ1) is 12.9. The van der Waals surface area contributed by atoms with Crippen LogP contribution in [0, 0.1) is 6.92 Å². The van der Waals surface area contributed by atoms with Crippen LogP contribution in [0.3, 0.4) is 0 Å². The van der Waals surface area contributed by atoms with Crippen molar-refractivity contribution >= 4 is 11.6 Å². The van der Waals surface area contributed by atoms with Gasteiger partial charge in [0.05, 0.1) is 11.6 Å². The van der Waals surface area contributed by atoms with E-state index in [2.05, 4.69) is 5.10 Å². The molecule has 18 heavy (non-hydrogen) atoms. The molecule has 0 spiro atoms. The second kappa shape index (κ2) is 5.89. The Morgan fingerprint density at radius 2 is 2.33 bits per heavy atom. The van der Waals surface area contributed by atoms with Crippen LogP contribution in [0.25, 0.3) is 0 Å². The Morgan fingerprint density at radius 1 is 1.50 bits per heavy atom. The smallest absolute Gasteiger partial charge is 0.138 e. The summed E-state index contributed by atoms with van der Waals surface area (Å²) in [5, 5.41) is 14.4. The van der Waals surface area contributed by atoms with Gasteiger partial charge in [0.15, 0.2) is 0 Å². The zero-order chi connectivity index (χ0) is 13.0. The van der Waals surface area contributed by atoms with Crippen LogP contribution in [-0.2, 0) is 6.54 Å². The molecule has 0 aliphatic heterocycles. The standard InChI is InChI=1S/C13H15ClN2O2/c1-10-3-4-12(14)13(7-10)18-9-11(17)8-16-6-2-5-15-16/h2-7,11,17H,8-9H2,1H3/t11-/m1/s1. The van der Waals surface area contributed by atoms with E-state index in [0.717, 1.165) is 5.56 Å². The highest BCUT2D eigenvalue weighted by molar-refractivity contribution is 6.32. The topological polar surface area (TPSA) is 47.3 Å². The maximum atomic E-state index is 9.81. The first-order chi connectivity index (χ1) is 8.65. The number of halogens is 1. The summed E-state index contributed by atoms with van der Waals surface area (Å²) in [7, 11) is 0. The third-order valence-corrected chi connectivity index (χ3v) is 2.79. The van der Waals surface area contributed by atoms with Gasteiger partial charge in [-0.25, -0.2) is 0 Å². The van der Waals surface area contributed by atoms with E-state index in [0.29, 0.717) is 17.3 Å². The van der Waals surface area contributed by atoms with E-state index in [-0.39, 0.29) is 6.61 Å². The maximum Gasteiger partial charge on any atom is 0.138 e. The number of aryl methyl sites for hydroxylation is 1. The van der Waals surface area contributed by atoms with Crippen molar-refractivity contribution in [1.82, 2.24) is 9.78 Å². The summed E-state index contributed by atoms with van der Waals surface area (Å²) >= 11 is 6.00. The van der Waals surface area contributed by atoms with Crippen molar-refractivity contribution in [2.75, 3.05) is 6.61 Å². The highest BCUT2D eigenvalue weighted by atomic mass is 35.5. The summed E-state index contributed by atoms with van der Waals surface area (Å²) in [6, 6.07) is 7.36. The van der Waals surface area contributed by atoms with E-state index in [4.69, 9.17) is 16.3 Å². The zero-order valence-corrected chi connectivity index (χ0v) is 10.8. The lowest BCUT2D eigenvalue weighted by Gasteiger charge is -2.13. The van der Waals surface area contributed by atoms with Gasteiger partial charge in [0, 0.05) is 12.4 Å². The van der Waals surface area contributed by atoms with Crippen molar-refractivity contribution in [3.05, 3.63) is 47.2 Å². The van der Waals surface area contributed by atoms with Gasteiger partial charge in [-0.3, -0.25) is 4.68 Å². The molecule has 4 nitrogen and oxygen atoms in total. The van der Waals surface area contributed by atoms with Crippen LogP contribution in [0.1, 0.15) is 5.56 Å². The minimum atomic E-state index is -0.624. The Kier molecular flexibility index (Phi) is 4.23. The molecule has 0 unspecified atom stereocenters. The molecule has 0 saturated carbocycles. The number of hydrogen-bond acceptors (Lipinski definition) is 3. The van der Waals surface area contributed by atoms with Crippen LogP contribution in [-0.4, -0.2) is 27.6 Å². The molecular weight excluding hydrogens is 252 g/mol. The van der Waals surface area contributed by atoms with Gasteiger partial charge in [-0.1, -0.05) is 17.7 Å². The molecule has 0 bridgehead atoms. The summed E-state index contributed by atoms with van der Waals surface area (Å²) in [6.45, 7) is 2.54. The maximum absolute atomic E-state index is 9.81. The van der Waals surface area contributed by atoms with Crippen molar-refractivity contribution < 1.29 is 9.84 Å². The first-order valence-electron chi connectivity index (χ1n) is 5.69. The van der Waals surface area contributed by atoms with E-state index < -0.39 is 6.10 Å². The molecule has 1 heterocycles. The number of aromatic nitrogens is 2. The molecule has 1 N–H and O–H groups in total. The van der Waals surface area contributed by atoms with Gasteiger partial charge < -0.3 is 9.84 Å². The zero-order valence-electron chi connectivity index (χ0n) is 10.1. The minimum Gasteiger partial charge on any atom is -0.489 e. The predicted octanol–water partition coefficient (Wildman–Crippen LogP) is 2.28. The average molecular weight is 267 g/mol. The molecule has 0 fully saturated rings. The van der Waals surface area contributed by atoms with Crippen LogP contribution in [0.5, 0.6) is 5.75 Å². The molecule has 0 saturated heterocycles. The predicted molar refractivity (Wildman–Crippen MR) is 69.9 cm³/mol. The van der Waals surface area contributed by atoms with Gasteiger partial charge >= 0.3 is 0 Å². The van der Waals surface area contributed by atoms with Crippen LogP contribution in [0.2, 0.25) is 5.02 Å². The van der Waals surface area contributed by atoms with E-state index >= 15 is 0 Å². The summed E-state index contributed by atoms with van der Waals surface area (Å²) in [5.41, 5.74) is 1.07. The summed E-state index contributed by atoms with van der Waals surface area (Å²) in [5.74, 6) is 0.594. The van der Waals surface area contributed by atoms with Gasteiger partial charge in [-0.2, -0.15) is 5.10 Å². The molecule has 1 aromatic carbocycles. The Morgan fingerprint density at radius 3 is 3.06 bits per heavy atom. The molecule has 5 heteroatoms. The Hall–Kier alpha value is -1.52.